The standard InChI is InChI=1S/C21H21N5O/c1-14(27)15-8-10-17(11-9-15)25-20-19(22)21(24-13-23-20)26-12-4-6-16-5-2-3-7-18(16)26/h2-3,5,7-11,13H,4,6,12,22H2,1H3,(H,23,24,25). The van der Waals surface area contributed by atoms with Gasteiger partial charge >= 0.3 is 0 Å². The predicted octanol–water partition coefficient (Wildman–Crippen LogP) is 4.09. The van der Waals surface area contributed by atoms with Crippen molar-refractivity contribution in [2.75, 3.05) is 22.5 Å². The number of Topliss-reactive ketones (excluding diaryl/α,β-unsaturated/α-hetero) is 1. The van der Waals surface area contributed by atoms with Gasteiger partial charge in [-0.3, -0.25) is 4.79 Å². The van der Waals surface area contributed by atoms with Crippen LogP contribution in [0.15, 0.2) is 54.9 Å². The van der Waals surface area contributed by atoms with Crippen LogP contribution in [0.1, 0.15) is 29.3 Å². The summed E-state index contributed by atoms with van der Waals surface area (Å²) in [6.07, 6.45) is 3.64. The Morgan fingerprint density at radius 1 is 1.11 bits per heavy atom. The van der Waals surface area contributed by atoms with Crippen molar-refractivity contribution < 1.29 is 4.79 Å². The minimum atomic E-state index is 0.0363. The molecule has 0 fully saturated rings. The minimum absolute atomic E-state index is 0.0363. The Morgan fingerprint density at radius 3 is 2.67 bits per heavy atom. The highest BCUT2D eigenvalue weighted by molar-refractivity contribution is 5.94. The van der Waals surface area contributed by atoms with Crippen LogP contribution in [0.25, 0.3) is 0 Å². The molecule has 0 bridgehead atoms. The number of rotatable bonds is 4. The summed E-state index contributed by atoms with van der Waals surface area (Å²) in [5.74, 6) is 1.30. The summed E-state index contributed by atoms with van der Waals surface area (Å²) in [4.78, 5) is 22.3. The Kier molecular flexibility index (Phi) is 4.46. The highest BCUT2D eigenvalue weighted by Crippen LogP contribution is 2.37. The van der Waals surface area contributed by atoms with E-state index in [1.54, 1.807) is 19.1 Å². The predicted molar refractivity (Wildman–Crippen MR) is 108 cm³/mol. The van der Waals surface area contributed by atoms with Crippen LogP contribution in [-0.4, -0.2) is 22.3 Å². The van der Waals surface area contributed by atoms with Crippen LogP contribution in [0.4, 0.5) is 28.7 Å². The molecule has 1 aromatic heterocycles. The zero-order valence-corrected chi connectivity index (χ0v) is 15.1. The molecule has 0 spiro atoms. The van der Waals surface area contributed by atoms with Gasteiger partial charge in [-0.25, -0.2) is 9.97 Å². The van der Waals surface area contributed by atoms with Crippen LogP contribution >= 0.6 is 0 Å². The summed E-state index contributed by atoms with van der Waals surface area (Å²) in [7, 11) is 0. The number of nitrogens with two attached hydrogens (primary N) is 1. The number of benzene rings is 2. The monoisotopic (exact) mass is 359 g/mol. The van der Waals surface area contributed by atoms with Crippen LogP contribution in [0.3, 0.4) is 0 Å². The van der Waals surface area contributed by atoms with E-state index in [1.165, 1.54) is 11.9 Å². The molecule has 0 saturated heterocycles. The maximum absolute atomic E-state index is 11.4. The maximum Gasteiger partial charge on any atom is 0.161 e. The molecule has 0 amide bonds. The van der Waals surface area contributed by atoms with Gasteiger partial charge in [-0.05, 0) is 55.7 Å². The highest BCUT2D eigenvalue weighted by atomic mass is 16.1. The molecule has 27 heavy (non-hydrogen) atoms. The molecule has 3 N–H and O–H groups in total. The van der Waals surface area contributed by atoms with Crippen LogP contribution in [0, 0.1) is 0 Å². The molecule has 3 aromatic rings. The lowest BCUT2D eigenvalue weighted by Crippen LogP contribution is -2.26. The van der Waals surface area contributed by atoms with Crippen molar-refractivity contribution in [1.82, 2.24) is 9.97 Å². The zero-order chi connectivity index (χ0) is 18.8. The van der Waals surface area contributed by atoms with Gasteiger partial charge in [0.2, 0.25) is 0 Å². The van der Waals surface area contributed by atoms with Crippen molar-refractivity contribution in [2.45, 2.75) is 19.8 Å². The van der Waals surface area contributed by atoms with E-state index >= 15 is 0 Å². The first-order valence-electron chi connectivity index (χ1n) is 8.97. The molecule has 0 radical (unpaired) electrons. The first-order valence-corrected chi connectivity index (χ1v) is 8.97. The number of carbonyl (C=O) groups excluding carboxylic acids is 1. The van der Waals surface area contributed by atoms with E-state index in [0.29, 0.717) is 22.9 Å². The van der Waals surface area contributed by atoms with E-state index in [0.717, 1.165) is 30.8 Å². The number of nitrogen functional groups attached to an aromatic ring is 1. The normalized spacial score (nSPS) is 13.1. The average molecular weight is 359 g/mol. The summed E-state index contributed by atoms with van der Waals surface area (Å²) >= 11 is 0. The number of nitrogens with one attached hydrogen (secondary N) is 1. The number of nitrogens with zero attached hydrogens (tertiary/aromatic N) is 3. The Labute approximate surface area is 158 Å². The average Bonchev–Trinajstić information content (AvgIpc) is 2.70. The summed E-state index contributed by atoms with van der Waals surface area (Å²) in [6.45, 7) is 2.42. The first kappa shape index (κ1) is 17.0. The summed E-state index contributed by atoms with van der Waals surface area (Å²) in [6, 6.07) is 15.6. The lowest BCUT2D eigenvalue weighted by Gasteiger charge is -2.31. The molecule has 136 valence electrons. The molecule has 6 nitrogen and oxygen atoms in total. The molecule has 0 unspecified atom stereocenters. The Morgan fingerprint density at radius 2 is 1.89 bits per heavy atom. The van der Waals surface area contributed by atoms with E-state index < -0.39 is 0 Å². The molecule has 0 aliphatic carbocycles. The lowest BCUT2D eigenvalue weighted by atomic mass is 10.0. The van der Waals surface area contributed by atoms with E-state index in [1.807, 2.05) is 18.2 Å². The van der Waals surface area contributed by atoms with E-state index in [9.17, 15) is 4.79 Å². The zero-order valence-electron chi connectivity index (χ0n) is 15.1. The second-order valence-electron chi connectivity index (χ2n) is 6.60. The number of fused-ring (bicyclic) bond motifs is 1. The third-order valence-electron chi connectivity index (χ3n) is 4.78. The van der Waals surface area contributed by atoms with Gasteiger partial charge in [-0.2, -0.15) is 0 Å². The molecular weight excluding hydrogens is 338 g/mol. The molecule has 4 rings (SSSR count). The van der Waals surface area contributed by atoms with Crippen molar-refractivity contribution in [3.8, 4) is 0 Å². The molecule has 2 heterocycles. The number of para-hydroxylation sites is 1. The van der Waals surface area contributed by atoms with E-state index in [2.05, 4.69) is 38.4 Å². The molecule has 2 aromatic carbocycles. The molecule has 0 saturated carbocycles. The smallest absolute Gasteiger partial charge is 0.161 e. The maximum atomic E-state index is 11.4. The topological polar surface area (TPSA) is 84.1 Å². The van der Waals surface area contributed by atoms with Gasteiger partial charge in [0.1, 0.15) is 12.0 Å². The van der Waals surface area contributed by atoms with Gasteiger partial charge in [-0.15, -0.1) is 0 Å². The van der Waals surface area contributed by atoms with Crippen molar-refractivity contribution in [3.05, 3.63) is 66.0 Å². The number of aromatic nitrogens is 2. The quantitative estimate of drug-likeness (QED) is 0.683. The fourth-order valence-electron chi connectivity index (χ4n) is 3.38. The highest BCUT2D eigenvalue weighted by Gasteiger charge is 2.22. The SMILES string of the molecule is CC(=O)c1ccc(Nc2ncnc(N3CCCc4ccccc43)c2N)cc1. The van der Waals surface area contributed by atoms with Crippen molar-refractivity contribution in [2.24, 2.45) is 0 Å². The Bertz CT molecular complexity index is 984. The number of carbonyl (C=O) groups is 1. The number of hydrogen-bond donors (Lipinski definition) is 2. The van der Waals surface area contributed by atoms with Crippen molar-refractivity contribution in [1.29, 1.82) is 0 Å². The number of ketones is 1. The molecule has 1 aliphatic rings. The molecule has 1 aliphatic heterocycles. The van der Waals surface area contributed by atoms with Gasteiger partial charge in [0.15, 0.2) is 17.4 Å². The first-order chi connectivity index (χ1) is 13.1. The summed E-state index contributed by atoms with van der Waals surface area (Å²) in [5, 5.41) is 3.23. The molecule has 0 atom stereocenters. The van der Waals surface area contributed by atoms with Gasteiger partial charge in [0, 0.05) is 23.5 Å². The van der Waals surface area contributed by atoms with Gasteiger partial charge in [0.05, 0.1) is 0 Å². The minimum Gasteiger partial charge on any atom is -0.393 e. The van der Waals surface area contributed by atoms with Crippen LogP contribution in [0.2, 0.25) is 0 Å². The van der Waals surface area contributed by atoms with E-state index in [-0.39, 0.29) is 5.78 Å². The van der Waals surface area contributed by atoms with Crippen molar-refractivity contribution in [3.63, 3.8) is 0 Å². The second-order valence-corrected chi connectivity index (χ2v) is 6.60. The number of anilines is 5. The molecule has 6 heteroatoms. The number of aryl methyl sites for hydroxylation is 1. The van der Waals surface area contributed by atoms with Crippen LogP contribution in [0.5, 0.6) is 0 Å². The van der Waals surface area contributed by atoms with Gasteiger partial charge < -0.3 is 16.0 Å². The second kappa shape index (κ2) is 7.07. The third-order valence-corrected chi connectivity index (χ3v) is 4.78. The fraction of sp³-hybridized carbons (Fsp3) is 0.190. The third kappa shape index (κ3) is 3.33. The van der Waals surface area contributed by atoms with Crippen molar-refractivity contribution >= 4 is 34.5 Å². The van der Waals surface area contributed by atoms with Crippen LogP contribution < -0.4 is 16.0 Å². The molecular formula is C21H21N5O. The van der Waals surface area contributed by atoms with E-state index in [4.69, 9.17) is 5.73 Å². The summed E-state index contributed by atoms with van der Waals surface area (Å²) in [5.41, 5.74) is 10.8. The Balaban J connectivity index is 1.65. The Hall–Kier alpha value is -3.41. The largest absolute Gasteiger partial charge is 0.393 e. The van der Waals surface area contributed by atoms with Crippen LogP contribution in [-0.2, 0) is 6.42 Å². The summed E-state index contributed by atoms with van der Waals surface area (Å²) < 4.78 is 0. The van der Waals surface area contributed by atoms with Gasteiger partial charge in [0.25, 0.3) is 0 Å². The van der Waals surface area contributed by atoms with Gasteiger partial charge in [-0.1, -0.05) is 18.2 Å². The fourth-order valence-corrected chi connectivity index (χ4v) is 3.38. The number of hydrogen-bond acceptors (Lipinski definition) is 6. The lowest BCUT2D eigenvalue weighted by molar-refractivity contribution is 0.101.